The van der Waals surface area contributed by atoms with Crippen molar-refractivity contribution < 1.29 is 19.1 Å². The molecule has 1 N–H and O–H groups in total. The van der Waals surface area contributed by atoms with Gasteiger partial charge < -0.3 is 9.52 Å². The largest absolute Gasteiger partial charge is 0.478 e. The summed E-state index contributed by atoms with van der Waals surface area (Å²) in [6, 6.07) is 1.52. The van der Waals surface area contributed by atoms with Crippen LogP contribution in [-0.4, -0.2) is 17.4 Å². The van der Waals surface area contributed by atoms with Crippen molar-refractivity contribution in [3.63, 3.8) is 0 Å². The minimum absolute atomic E-state index is 0.132. The third-order valence-corrected chi connectivity index (χ3v) is 1.24. The quantitative estimate of drug-likeness (QED) is 0.541. The van der Waals surface area contributed by atoms with E-state index in [4.69, 9.17) is 9.52 Å². The van der Waals surface area contributed by atoms with Gasteiger partial charge in [0.2, 0.25) is 0 Å². The zero-order valence-electron chi connectivity index (χ0n) is 6.06. The Hall–Kier alpha value is -1.84. The van der Waals surface area contributed by atoms with Crippen molar-refractivity contribution in [2.24, 2.45) is 0 Å². The van der Waals surface area contributed by atoms with E-state index in [1.807, 2.05) is 0 Å². The van der Waals surface area contributed by atoms with E-state index in [9.17, 15) is 9.59 Å². The van der Waals surface area contributed by atoms with Crippen molar-refractivity contribution in [2.75, 3.05) is 0 Å². The van der Waals surface area contributed by atoms with Gasteiger partial charge in [0.05, 0.1) is 6.26 Å². The summed E-state index contributed by atoms with van der Waals surface area (Å²) in [5, 5.41) is 8.27. The number of hydrogen-bond acceptors (Lipinski definition) is 3. The third-order valence-electron chi connectivity index (χ3n) is 1.24. The number of carbonyl (C=O) groups is 2. The lowest BCUT2D eigenvalue weighted by Gasteiger charge is -1.84. The Bertz CT molecular complexity index is 322. The van der Waals surface area contributed by atoms with Crippen molar-refractivity contribution in [3.05, 3.63) is 29.7 Å². The van der Waals surface area contributed by atoms with E-state index in [1.54, 1.807) is 0 Å². The molecule has 0 unspecified atom stereocenters. The molecular weight excluding hydrogens is 160 g/mol. The van der Waals surface area contributed by atoms with Crippen LogP contribution in [-0.2, 0) is 4.79 Å². The van der Waals surface area contributed by atoms with E-state index in [1.165, 1.54) is 18.4 Å². The van der Waals surface area contributed by atoms with Gasteiger partial charge in [-0.15, -0.1) is 0 Å². The number of aliphatic carboxylic acids is 1. The highest BCUT2D eigenvalue weighted by Gasteiger charge is 2.00. The first kappa shape index (κ1) is 8.26. The molecular formula is C8H6O4. The maximum absolute atomic E-state index is 10.3. The van der Waals surface area contributed by atoms with Crippen LogP contribution in [0.3, 0.4) is 0 Å². The van der Waals surface area contributed by atoms with Crippen molar-refractivity contribution in [1.29, 1.82) is 0 Å². The lowest BCUT2D eigenvalue weighted by molar-refractivity contribution is -0.131. The molecule has 4 heteroatoms. The fraction of sp³-hybridized carbons (Fsp3) is 0. The minimum Gasteiger partial charge on any atom is -0.478 e. The van der Waals surface area contributed by atoms with Crippen molar-refractivity contribution in [2.45, 2.75) is 0 Å². The molecule has 0 saturated carbocycles. The normalized spacial score (nSPS) is 10.3. The molecule has 0 amide bonds. The Kier molecular flexibility index (Phi) is 2.42. The Balaban J connectivity index is 2.88. The third kappa shape index (κ3) is 1.82. The van der Waals surface area contributed by atoms with Crippen molar-refractivity contribution in [3.8, 4) is 0 Å². The average Bonchev–Trinajstić information content (AvgIpc) is 2.47. The lowest BCUT2D eigenvalue weighted by atomic mass is 10.2. The molecule has 0 aliphatic rings. The smallest absolute Gasteiger partial charge is 0.328 e. The van der Waals surface area contributed by atoms with Gasteiger partial charge in [-0.3, -0.25) is 4.79 Å². The van der Waals surface area contributed by atoms with Gasteiger partial charge >= 0.3 is 5.97 Å². The fourth-order valence-corrected chi connectivity index (χ4v) is 0.725. The second kappa shape index (κ2) is 3.52. The van der Waals surface area contributed by atoms with Crippen molar-refractivity contribution in [1.82, 2.24) is 0 Å². The van der Waals surface area contributed by atoms with Gasteiger partial charge in [-0.1, -0.05) is 0 Å². The molecule has 1 rings (SSSR count). The van der Waals surface area contributed by atoms with Crippen LogP contribution < -0.4 is 0 Å². The summed E-state index contributed by atoms with van der Waals surface area (Å²) in [6.45, 7) is 0. The number of carbonyl (C=O) groups excluding carboxylic acids is 1. The first-order valence-corrected chi connectivity index (χ1v) is 3.17. The standard InChI is InChI=1S/C8H6O4/c9-5-7-6(3-4-12-7)1-2-8(10)11/h1-5H,(H,10,11). The SMILES string of the molecule is O=Cc1occc1C=CC(=O)O. The van der Waals surface area contributed by atoms with E-state index < -0.39 is 5.97 Å². The summed E-state index contributed by atoms with van der Waals surface area (Å²) in [4.78, 5) is 20.3. The molecule has 0 aliphatic heterocycles. The maximum Gasteiger partial charge on any atom is 0.328 e. The second-order valence-electron chi connectivity index (χ2n) is 2.03. The molecule has 1 aromatic rings. The van der Waals surface area contributed by atoms with E-state index >= 15 is 0 Å². The Labute approximate surface area is 68.1 Å². The highest BCUT2D eigenvalue weighted by atomic mass is 16.4. The average molecular weight is 166 g/mol. The maximum atomic E-state index is 10.3. The zero-order valence-corrected chi connectivity index (χ0v) is 6.06. The van der Waals surface area contributed by atoms with E-state index in [0.29, 0.717) is 11.8 Å². The molecule has 0 radical (unpaired) electrons. The van der Waals surface area contributed by atoms with Crippen LogP contribution in [0, 0.1) is 0 Å². The number of furan rings is 1. The number of rotatable bonds is 3. The first-order chi connectivity index (χ1) is 5.74. The fourth-order valence-electron chi connectivity index (χ4n) is 0.725. The predicted octanol–water partition coefficient (Wildman–Crippen LogP) is 1.19. The molecule has 4 nitrogen and oxygen atoms in total. The van der Waals surface area contributed by atoms with E-state index in [0.717, 1.165) is 6.08 Å². The van der Waals surface area contributed by atoms with Gasteiger partial charge in [-0.25, -0.2) is 4.79 Å². The van der Waals surface area contributed by atoms with Crippen LogP contribution in [0.5, 0.6) is 0 Å². The molecule has 0 aromatic carbocycles. The van der Waals surface area contributed by atoms with E-state index in [-0.39, 0.29) is 5.76 Å². The number of carboxylic acid groups (broad SMARTS) is 1. The summed E-state index contributed by atoms with van der Waals surface area (Å²) >= 11 is 0. The highest BCUT2D eigenvalue weighted by molar-refractivity contribution is 5.87. The Morgan fingerprint density at radius 2 is 2.33 bits per heavy atom. The Morgan fingerprint density at radius 1 is 1.58 bits per heavy atom. The molecule has 0 fully saturated rings. The van der Waals surface area contributed by atoms with Crippen LogP contribution in [0.2, 0.25) is 0 Å². The molecule has 0 saturated heterocycles. The molecule has 0 aliphatic carbocycles. The molecule has 0 bridgehead atoms. The van der Waals surface area contributed by atoms with Gasteiger partial charge in [-0.2, -0.15) is 0 Å². The summed E-state index contributed by atoms with van der Waals surface area (Å²) < 4.78 is 4.73. The minimum atomic E-state index is -1.06. The molecule has 0 atom stereocenters. The van der Waals surface area contributed by atoms with E-state index in [2.05, 4.69) is 0 Å². The first-order valence-electron chi connectivity index (χ1n) is 3.17. The van der Waals surface area contributed by atoms with Gasteiger partial charge in [0, 0.05) is 11.6 Å². The van der Waals surface area contributed by atoms with Crippen molar-refractivity contribution >= 4 is 18.3 Å². The molecule has 62 valence electrons. The number of carboxylic acids is 1. The van der Waals surface area contributed by atoms with Gasteiger partial charge in [0.1, 0.15) is 0 Å². The number of hydrogen-bond donors (Lipinski definition) is 1. The predicted molar refractivity (Wildman–Crippen MR) is 40.8 cm³/mol. The summed E-state index contributed by atoms with van der Waals surface area (Å²) in [7, 11) is 0. The summed E-state index contributed by atoms with van der Waals surface area (Å²) in [5.74, 6) is -0.930. The van der Waals surface area contributed by atoms with Crippen LogP contribution in [0.1, 0.15) is 16.1 Å². The lowest BCUT2D eigenvalue weighted by Crippen LogP contribution is -1.86. The van der Waals surface area contributed by atoms with Crippen LogP contribution in [0.25, 0.3) is 6.08 Å². The monoisotopic (exact) mass is 166 g/mol. The number of aldehydes is 1. The van der Waals surface area contributed by atoms with Crippen LogP contribution in [0.15, 0.2) is 22.8 Å². The molecule has 1 heterocycles. The topological polar surface area (TPSA) is 67.5 Å². The van der Waals surface area contributed by atoms with Crippen LogP contribution in [0.4, 0.5) is 0 Å². The van der Waals surface area contributed by atoms with Gasteiger partial charge in [-0.05, 0) is 12.1 Å². The van der Waals surface area contributed by atoms with Gasteiger partial charge in [0.15, 0.2) is 12.0 Å². The van der Waals surface area contributed by atoms with Crippen LogP contribution >= 0.6 is 0 Å². The molecule has 0 spiro atoms. The van der Waals surface area contributed by atoms with Gasteiger partial charge in [0.25, 0.3) is 0 Å². The second-order valence-corrected chi connectivity index (χ2v) is 2.03. The molecule has 12 heavy (non-hydrogen) atoms. The highest BCUT2D eigenvalue weighted by Crippen LogP contribution is 2.09. The molecule has 1 aromatic heterocycles. The Morgan fingerprint density at radius 3 is 2.92 bits per heavy atom. The summed E-state index contributed by atoms with van der Waals surface area (Å²) in [5.41, 5.74) is 0.465. The summed E-state index contributed by atoms with van der Waals surface area (Å²) in [6.07, 6.45) is 4.10. The zero-order chi connectivity index (χ0) is 8.97.